The van der Waals surface area contributed by atoms with E-state index in [9.17, 15) is 4.79 Å². The van der Waals surface area contributed by atoms with Crippen molar-refractivity contribution in [1.29, 1.82) is 0 Å². The van der Waals surface area contributed by atoms with E-state index < -0.39 is 0 Å². The van der Waals surface area contributed by atoms with Crippen molar-refractivity contribution < 1.29 is 9.53 Å². The zero-order chi connectivity index (χ0) is 20.0. The summed E-state index contributed by atoms with van der Waals surface area (Å²) in [5, 5.41) is 7.77. The van der Waals surface area contributed by atoms with Crippen LogP contribution < -0.4 is 10.1 Å². The summed E-state index contributed by atoms with van der Waals surface area (Å²) in [6.07, 6.45) is 2.81. The molecule has 0 unspecified atom stereocenters. The number of Topliss-reactive ketones (excluding diaryl/α,β-unsaturated/α-hetero) is 1. The number of aryl methyl sites for hydroxylation is 1. The fraction of sp³-hybridized carbons (Fsp3) is 0.261. The van der Waals surface area contributed by atoms with E-state index in [1.54, 1.807) is 11.8 Å². The Hall–Kier alpha value is -3.41. The normalized spacial score (nSPS) is 20.7. The van der Waals surface area contributed by atoms with Gasteiger partial charge in [-0.3, -0.25) is 4.79 Å². The van der Waals surface area contributed by atoms with Crippen molar-refractivity contribution >= 4 is 11.7 Å². The van der Waals surface area contributed by atoms with Gasteiger partial charge in [0.25, 0.3) is 0 Å². The molecule has 0 amide bonds. The average Bonchev–Trinajstić information content (AvgIpc) is 3.20. The molecular weight excluding hydrogens is 364 g/mol. The lowest BCUT2D eigenvalue weighted by atomic mass is 9.77. The fourth-order valence-corrected chi connectivity index (χ4v) is 4.51. The van der Waals surface area contributed by atoms with Crippen molar-refractivity contribution in [2.45, 2.75) is 31.7 Å². The van der Waals surface area contributed by atoms with E-state index in [1.165, 1.54) is 17.5 Å². The monoisotopic (exact) mass is 386 g/mol. The minimum Gasteiger partial charge on any atom is -0.497 e. The molecule has 5 rings (SSSR count). The van der Waals surface area contributed by atoms with Crippen LogP contribution in [0.25, 0.3) is 0 Å². The molecule has 0 saturated heterocycles. The third-order valence-corrected chi connectivity index (χ3v) is 5.92. The Labute approximate surface area is 169 Å². The maximum absolute atomic E-state index is 13.4. The number of carbonyl (C=O) groups excluding carboxylic acids is 1. The zero-order valence-corrected chi connectivity index (χ0v) is 16.4. The highest BCUT2D eigenvalue weighted by atomic mass is 16.5. The molecule has 6 nitrogen and oxygen atoms in total. The van der Waals surface area contributed by atoms with Crippen LogP contribution in [-0.2, 0) is 4.79 Å². The van der Waals surface area contributed by atoms with Gasteiger partial charge in [0.2, 0.25) is 5.95 Å². The second-order valence-electron chi connectivity index (χ2n) is 7.61. The predicted molar refractivity (Wildman–Crippen MR) is 110 cm³/mol. The van der Waals surface area contributed by atoms with Crippen LogP contribution in [0.2, 0.25) is 0 Å². The van der Waals surface area contributed by atoms with E-state index in [-0.39, 0.29) is 17.7 Å². The molecule has 2 aromatic carbocycles. The van der Waals surface area contributed by atoms with Crippen molar-refractivity contribution in [1.82, 2.24) is 14.8 Å². The number of carbonyl (C=O) groups is 1. The second-order valence-corrected chi connectivity index (χ2v) is 7.61. The summed E-state index contributed by atoms with van der Waals surface area (Å²) in [4.78, 5) is 17.7. The van der Waals surface area contributed by atoms with Crippen molar-refractivity contribution in [2.24, 2.45) is 0 Å². The number of hydrogen-bond donors (Lipinski definition) is 1. The van der Waals surface area contributed by atoms with E-state index in [0.717, 1.165) is 29.0 Å². The molecule has 6 heteroatoms. The summed E-state index contributed by atoms with van der Waals surface area (Å²) in [7, 11) is 1.64. The number of anilines is 1. The molecule has 0 radical (unpaired) electrons. The van der Waals surface area contributed by atoms with Crippen LogP contribution in [0.3, 0.4) is 0 Å². The first-order chi connectivity index (χ1) is 14.2. The largest absolute Gasteiger partial charge is 0.497 e. The first-order valence-corrected chi connectivity index (χ1v) is 9.78. The van der Waals surface area contributed by atoms with Gasteiger partial charge in [-0.2, -0.15) is 10.1 Å². The number of aromatic nitrogens is 3. The summed E-state index contributed by atoms with van der Waals surface area (Å²) < 4.78 is 7.09. The summed E-state index contributed by atoms with van der Waals surface area (Å²) in [6, 6.07) is 15.9. The standard InChI is InChI=1S/C23H22N4O2/c1-14-5-3-4-6-18(14)16-11-19-21(20(28)12-16)22(27-23(26-19)24-13-25-27)15-7-9-17(29-2)10-8-15/h3-10,13,16,22H,11-12H2,1-2H3,(H,24,25,26)/t16-,22+/m1/s1. The molecule has 2 heterocycles. The molecule has 146 valence electrons. The molecule has 0 saturated carbocycles. The summed E-state index contributed by atoms with van der Waals surface area (Å²) in [5.74, 6) is 1.78. The molecule has 3 aromatic rings. The highest BCUT2D eigenvalue weighted by molar-refractivity contribution is 6.00. The summed E-state index contributed by atoms with van der Waals surface area (Å²) in [6.45, 7) is 2.11. The molecule has 1 aliphatic heterocycles. The van der Waals surface area contributed by atoms with Crippen molar-refractivity contribution in [3.8, 4) is 5.75 Å². The zero-order valence-electron chi connectivity index (χ0n) is 16.4. The Kier molecular flexibility index (Phi) is 4.19. The number of ketones is 1. The van der Waals surface area contributed by atoms with E-state index in [1.807, 2.05) is 36.4 Å². The predicted octanol–water partition coefficient (Wildman–Crippen LogP) is 4.01. The molecule has 1 aromatic heterocycles. The second kappa shape index (κ2) is 6.88. The van der Waals surface area contributed by atoms with Gasteiger partial charge in [0, 0.05) is 17.7 Å². The van der Waals surface area contributed by atoms with Gasteiger partial charge < -0.3 is 10.1 Å². The molecule has 0 fully saturated rings. The van der Waals surface area contributed by atoms with Crippen LogP contribution in [0.4, 0.5) is 5.95 Å². The number of methoxy groups -OCH3 is 1. The van der Waals surface area contributed by atoms with Gasteiger partial charge in [0.15, 0.2) is 5.78 Å². The van der Waals surface area contributed by atoms with Gasteiger partial charge in [-0.15, -0.1) is 0 Å². The van der Waals surface area contributed by atoms with Gasteiger partial charge in [-0.1, -0.05) is 36.4 Å². The van der Waals surface area contributed by atoms with E-state index in [4.69, 9.17) is 4.74 Å². The van der Waals surface area contributed by atoms with Crippen LogP contribution in [0.15, 0.2) is 66.1 Å². The molecule has 0 spiro atoms. The van der Waals surface area contributed by atoms with E-state index >= 15 is 0 Å². The Morgan fingerprint density at radius 3 is 2.66 bits per heavy atom. The maximum atomic E-state index is 13.4. The van der Waals surface area contributed by atoms with Crippen molar-refractivity contribution in [3.05, 3.63) is 82.8 Å². The third-order valence-electron chi connectivity index (χ3n) is 5.92. The summed E-state index contributed by atoms with van der Waals surface area (Å²) in [5.41, 5.74) is 5.20. The first-order valence-electron chi connectivity index (χ1n) is 9.78. The van der Waals surface area contributed by atoms with Crippen molar-refractivity contribution in [3.63, 3.8) is 0 Å². The van der Waals surface area contributed by atoms with E-state index in [0.29, 0.717) is 12.4 Å². The van der Waals surface area contributed by atoms with E-state index in [2.05, 4.69) is 34.5 Å². The van der Waals surface area contributed by atoms with Gasteiger partial charge in [-0.05, 0) is 48.1 Å². The first kappa shape index (κ1) is 17.7. The number of fused-ring (bicyclic) bond motifs is 1. The Morgan fingerprint density at radius 2 is 1.90 bits per heavy atom. The highest BCUT2D eigenvalue weighted by Crippen LogP contribution is 2.44. The van der Waals surface area contributed by atoms with Gasteiger partial charge in [0.1, 0.15) is 18.1 Å². The number of ether oxygens (including phenoxy) is 1. The number of allylic oxidation sites excluding steroid dienone is 2. The lowest BCUT2D eigenvalue weighted by Crippen LogP contribution is -2.33. The van der Waals surface area contributed by atoms with Gasteiger partial charge in [-0.25, -0.2) is 4.68 Å². The Morgan fingerprint density at radius 1 is 1.10 bits per heavy atom. The topological polar surface area (TPSA) is 69.0 Å². The quantitative estimate of drug-likeness (QED) is 0.737. The maximum Gasteiger partial charge on any atom is 0.226 e. The lowest BCUT2D eigenvalue weighted by Gasteiger charge is -2.35. The van der Waals surface area contributed by atoms with Gasteiger partial charge >= 0.3 is 0 Å². The lowest BCUT2D eigenvalue weighted by molar-refractivity contribution is -0.116. The number of nitrogens with zero attached hydrogens (tertiary/aromatic N) is 3. The number of benzene rings is 2. The SMILES string of the molecule is COc1ccc([C@H]2C3=C(C[C@@H](c4ccccc4C)CC3=O)Nc3ncnn32)cc1. The Bertz CT molecular complexity index is 1110. The summed E-state index contributed by atoms with van der Waals surface area (Å²) >= 11 is 0. The average molecular weight is 386 g/mol. The minimum absolute atomic E-state index is 0.161. The molecule has 0 bridgehead atoms. The highest BCUT2D eigenvalue weighted by Gasteiger charge is 2.39. The third kappa shape index (κ3) is 2.92. The molecule has 2 aliphatic rings. The van der Waals surface area contributed by atoms with Crippen molar-refractivity contribution in [2.75, 3.05) is 12.4 Å². The molecule has 1 N–H and O–H groups in total. The van der Waals surface area contributed by atoms with Gasteiger partial charge in [0.05, 0.1) is 7.11 Å². The Balaban J connectivity index is 1.59. The molecule has 2 atom stereocenters. The number of rotatable bonds is 3. The molecule has 1 aliphatic carbocycles. The number of hydrogen-bond acceptors (Lipinski definition) is 5. The van der Waals surface area contributed by atoms with Crippen LogP contribution in [-0.4, -0.2) is 27.7 Å². The smallest absolute Gasteiger partial charge is 0.226 e. The van der Waals surface area contributed by atoms with Crippen LogP contribution in [0.1, 0.15) is 41.5 Å². The molecular formula is C23H22N4O2. The van der Waals surface area contributed by atoms with Crippen LogP contribution in [0, 0.1) is 6.92 Å². The van der Waals surface area contributed by atoms with Crippen LogP contribution >= 0.6 is 0 Å². The fourth-order valence-electron chi connectivity index (χ4n) is 4.51. The minimum atomic E-state index is -0.278. The van der Waals surface area contributed by atoms with Crippen LogP contribution in [0.5, 0.6) is 5.75 Å². The molecule has 29 heavy (non-hydrogen) atoms. The number of nitrogens with one attached hydrogen (secondary N) is 1.